The van der Waals surface area contributed by atoms with Gasteiger partial charge in [0.2, 0.25) is 0 Å². The highest BCUT2D eigenvalue weighted by molar-refractivity contribution is 7.99. The van der Waals surface area contributed by atoms with Gasteiger partial charge in [0.25, 0.3) is 5.56 Å². The molecular formula is C28H32ClF3N4O4S. The van der Waals surface area contributed by atoms with Gasteiger partial charge in [-0.1, -0.05) is 18.5 Å². The van der Waals surface area contributed by atoms with Gasteiger partial charge in [0.05, 0.1) is 23.8 Å². The summed E-state index contributed by atoms with van der Waals surface area (Å²) in [7, 11) is 0. The zero-order valence-corrected chi connectivity index (χ0v) is 24.8. The molecule has 1 aromatic heterocycles. The van der Waals surface area contributed by atoms with Crippen LogP contribution in [0.25, 0.3) is 10.9 Å². The Morgan fingerprint density at radius 3 is 2.61 bits per heavy atom. The molecule has 0 spiro atoms. The van der Waals surface area contributed by atoms with Crippen molar-refractivity contribution in [2.24, 2.45) is 0 Å². The van der Waals surface area contributed by atoms with Crippen LogP contribution in [0.4, 0.5) is 18.0 Å². The molecule has 3 aromatic rings. The Labute approximate surface area is 245 Å². The Balaban J connectivity index is 1.60. The molecule has 1 amide bonds. The monoisotopic (exact) mass is 612 g/mol. The van der Waals surface area contributed by atoms with Gasteiger partial charge < -0.3 is 14.8 Å². The van der Waals surface area contributed by atoms with Gasteiger partial charge >= 0.3 is 12.5 Å². The van der Waals surface area contributed by atoms with Gasteiger partial charge in [0.15, 0.2) is 0 Å². The average molecular weight is 613 g/mol. The first-order chi connectivity index (χ1) is 19.2. The second-order valence-corrected chi connectivity index (χ2v) is 12.5. The highest BCUT2D eigenvalue weighted by atomic mass is 35.5. The number of nitrogens with zero attached hydrogens (tertiary/aromatic N) is 3. The van der Waals surface area contributed by atoms with Gasteiger partial charge in [-0.2, -0.15) is 0 Å². The molecular weight excluding hydrogens is 581 g/mol. The Hall–Kier alpha value is -2.96. The molecule has 1 saturated heterocycles. The minimum absolute atomic E-state index is 0.00751. The summed E-state index contributed by atoms with van der Waals surface area (Å²) in [4.78, 5) is 32.8. The number of alkyl carbamates (subject to hydrolysis) is 1. The van der Waals surface area contributed by atoms with Gasteiger partial charge in [-0.25, -0.2) is 9.78 Å². The number of hydrogen-bond donors (Lipinski definition) is 1. The number of likely N-dealkylation sites (tertiary alicyclic amines) is 1. The molecule has 0 bridgehead atoms. The lowest BCUT2D eigenvalue weighted by Crippen LogP contribution is -2.40. The van der Waals surface area contributed by atoms with Gasteiger partial charge in [0, 0.05) is 41.2 Å². The van der Waals surface area contributed by atoms with E-state index in [1.54, 1.807) is 44.7 Å². The number of aromatic nitrogens is 2. The zero-order valence-electron chi connectivity index (χ0n) is 23.2. The van der Waals surface area contributed by atoms with E-state index in [9.17, 15) is 22.8 Å². The standard InChI is InChI=1S/C28H32ClF3N4O4S/c1-5-41-24-7-6-19(29)10-18(24)14-36-16-33-22-11-17(23(39-28(30,31)32)12-21(22)25(36)37)13-35-9-8-20(15-35)34-26(38)40-27(2,3)4/h6-7,10-12,16,20H,5,8-9,13-15H2,1-4H3,(H,34,38)/t20-/m1/s1. The second kappa shape index (κ2) is 12.5. The molecule has 0 aliphatic carbocycles. The third-order valence-electron chi connectivity index (χ3n) is 6.28. The maximum atomic E-state index is 13.4. The number of alkyl halides is 3. The van der Waals surface area contributed by atoms with Gasteiger partial charge in [0.1, 0.15) is 11.4 Å². The number of thioether (sulfide) groups is 1. The van der Waals surface area contributed by atoms with Crippen molar-refractivity contribution in [3.63, 3.8) is 0 Å². The van der Waals surface area contributed by atoms with Crippen molar-refractivity contribution in [2.45, 2.75) is 70.1 Å². The number of hydrogen-bond acceptors (Lipinski definition) is 7. The third kappa shape index (κ3) is 8.52. The molecule has 13 heteroatoms. The highest BCUT2D eigenvalue weighted by Gasteiger charge is 2.33. The van der Waals surface area contributed by atoms with E-state index in [4.69, 9.17) is 16.3 Å². The van der Waals surface area contributed by atoms with Crippen LogP contribution in [0.5, 0.6) is 5.75 Å². The molecule has 1 fully saturated rings. The topological polar surface area (TPSA) is 85.7 Å². The molecule has 1 atom stereocenters. The molecule has 0 saturated carbocycles. The molecule has 2 aromatic carbocycles. The van der Waals surface area contributed by atoms with E-state index in [0.29, 0.717) is 24.5 Å². The lowest BCUT2D eigenvalue weighted by molar-refractivity contribution is -0.274. The largest absolute Gasteiger partial charge is 0.573 e. The molecule has 1 aliphatic heterocycles. The quantitative estimate of drug-likeness (QED) is 0.303. The van der Waals surface area contributed by atoms with Crippen LogP contribution >= 0.6 is 23.4 Å². The van der Waals surface area contributed by atoms with Crippen LogP contribution < -0.4 is 15.6 Å². The summed E-state index contributed by atoms with van der Waals surface area (Å²) in [6, 6.07) is 7.75. The van der Waals surface area contributed by atoms with E-state index in [1.165, 1.54) is 17.0 Å². The summed E-state index contributed by atoms with van der Waals surface area (Å²) in [6.07, 6.45) is -3.51. The first-order valence-electron chi connectivity index (χ1n) is 13.1. The summed E-state index contributed by atoms with van der Waals surface area (Å²) < 4.78 is 51.2. The van der Waals surface area contributed by atoms with E-state index < -0.39 is 29.4 Å². The van der Waals surface area contributed by atoms with E-state index in [0.717, 1.165) is 22.3 Å². The van der Waals surface area contributed by atoms with Crippen molar-refractivity contribution in [3.8, 4) is 5.75 Å². The van der Waals surface area contributed by atoms with Gasteiger partial charge in [-0.3, -0.25) is 14.3 Å². The maximum Gasteiger partial charge on any atom is 0.573 e. The van der Waals surface area contributed by atoms with E-state index >= 15 is 0 Å². The molecule has 0 radical (unpaired) electrons. The zero-order chi connectivity index (χ0) is 29.9. The summed E-state index contributed by atoms with van der Waals surface area (Å²) in [5.41, 5.74) is 0.151. The summed E-state index contributed by atoms with van der Waals surface area (Å²) >= 11 is 7.78. The number of benzene rings is 2. The summed E-state index contributed by atoms with van der Waals surface area (Å²) in [6.45, 7) is 8.51. The van der Waals surface area contributed by atoms with Crippen LogP contribution in [0.1, 0.15) is 45.2 Å². The number of amides is 1. The lowest BCUT2D eigenvalue weighted by atomic mass is 10.1. The molecule has 8 nitrogen and oxygen atoms in total. The van der Waals surface area contributed by atoms with Crippen LogP contribution in [0.15, 0.2) is 46.3 Å². The number of nitrogens with one attached hydrogen (secondary N) is 1. The molecule has 1 aliphatic rings. The number of ether oxygens (including phenoxy) is 2. The average Bonchev–Trinajstić information content (AvgIpc) is 3.27. The Morgan fingerprint density at radius 1 is 1.17 bits per heavy atom. The van der Waals surface area contributed by atoms with Gasteiger partial charge in [-0.15, -0.1) is 24.9 Å². The van der Waals surface area contributed by atoms with Crippen LogP contribution in [-0.4, -0.2) is 57.4 Å². The minimum Gasteiger partial charge on any atom is -0.444 e. The van der Waals surface area contributed by atoms with E-state index in [1.807, 2.05) is 17.9 Å². The fraction of sp³-hybridized carbons (Fsp3) is 0.464. The number of fused-ring (bicyclic) bond motifs is 1. The van der Waals surface area contributed by atoms with Crippen molar-refractivity contribution in [1.82, 2.24) is 19.8 Å². The van der Waals surface area contributed by atoms with Crippen LogP contribution in [0.3, 0.4) is 0 Å². The van der Waals surface area contributed by atoms with Crippen molar-refractivity contribution < 1.29 is 27.4 Å². The number of carbonyl (C=O) groups excluding carboxylic acids is 1. The molecule has 1 N–H and O–H groups in total. The highest BCUT2D eigenvalue weighted by Crippen LogP contribution is 2.31. The molecule has 41 heavy (non-hydrogen) atoms. The van der Waals surface area contributed by atoms with Crippen molar-refractivity contribution in [1.29, 1.82) is 0 Å². The molecule has 0 unspecified atom stereocenters. The van der Waals surface area contributed by atoms with Crippen molar-refractivity contribution >= 4 is 40.4 Å². The Bertz CT molecular complexity index is 1480. The maximum absolute atomic E-state index is 13.4. The fourth-order valence-electron chi connectivity index (χ4n) is 4.65. The molecule has 4 rings (SSSR count). The van der Waals surface area contributed by atoms with Gasteiger partial charge in [-0.05, 0) is 68.8 Å². The molecule has 222 valence electrons. The van der Waals surface area contributed by atoms with E-state index in [-0.39, 0.29) is 35.6 Å². The first kappa shape index (κ1) is 31.0. The third-order valence-corrected chi connectivity index (χ3v) is 7.52. The normalized spacial score (nSPS) is 16.2. The Kier molecular flexibility index (Phi) is 9.45. The number of carbonyl (C=O) groups is 1. The van der Waals surface area contributed by atoms with E-state index in [2.05, 4.69) is 15.0 Å². The summed E-state index contributed by atoms with van der Waals surface area (Å²) in [5, 5.41) is 3.32. The Morgan fingerprint density at radius 2 is 1.93 bits per heavy atom. The van der Waals surface area contributed by atoms with Crippen molar-refractivity contribution in [3.05, 3.63) is 63.2 Å². The van der Waals surface area contributed by atoms with Crippen LogP contribution in [0.2, 0.25) is 5.02 Å². The lowest BCUT2D eigenvalue weighted by Gasteiger charge is -2.22. The van der Waals surface area contributed by atoms with Crippen molar-refractivity contribution in [2.75, 3.05) is 18.8 Å². The minimum atomic E-state index is -4.96. The fourth-order valence-corrected chi connectivity index (χ4v) is 5.62. The smallest absolute Gasteiger partial charge is 0.444 e. The summed E-state index contributed by atoms with van der Waals surface area (Å²) in [5.74, 6) is 0.352. The van der Waals surface area contributed by atoms with Crippen LogP contribution in [-0.2, 0) is 17.8 Å². The number of halogens is 4. The van der Waals surface area contributed by atoms with Crippen LogP contribution in [0, 0.1) is 0 Å². The number of rotatable bonds is 8. The first-order valence-corrected chi connectivity index (χ1v) is 14.5. The predicted octanol–water partition coefficient (Wildman–Crippen LogP) is 6.21. The second-order valence-electron chi connectivity index (χ2n) is 10.8. The molecule has 2 heterocycles. The SMILES string of the molecule is CCSc1ccc(Cl)cc1Cn1cnc2cc(CN3CC[C@@H](NC(=O)OC(C)(C)C)C3)c(OC(F)(F)F)cc2c1=O. The predicted molar refractivity (Wildman–Crippen MR) is 153 cm³/mol.